The SMILES string of the molecule is Nc1ncncc1-c1ccnc2c1cnn2C1C=C(C(F)(F)F)C=CC1Cl. The lowest BCUT2D eigenvalue weighted by Crippen LogP contribution is -2.24. The fourth-order valence-electron chi connectivity index (χ4n) is 2.98. The number of halogens is 4. The Morgan fingerprint density at radius 2 is 1.96 bits per heavy atom. The van der Waals surface area contributed by atoms with Crippen LogP contribution in [0.25, 0.3) is 22.2 Å². The molecule has 3 heterocycles. The van der Waals surface area contributed by atoms with Crippen molar-refractivity contribution < 1.29 is 13.2 Å². The van der Waals surface area contributed by atoms with Gasteiger partial charge in [0.05, 0.1) is 23.2 Å². The van der Waals surface area contributed by atoms with E-state index in [1.165, 1.54) is 29.5 Å². The van der Waals surface area contributed by atoms with Crippen molar-refractivity contribution in [3.8, 4) is 11.1 Å². The van der Waals surface area contributed by atoms with Gasteiger partial charge in [-0.15, -0.1) is 11.6 Å². The molecule has 0 bridgehead atoms. The van der Waals surface area contributed by atoms with E-state index in [9.17, 15) is 13.2 Å². The van der Waals surface area contributed by atoms with E-state index in [4.69, 9.17) is 17.3 Å². The Labute approximate surface area is 156 Å². The zero-order valence-electron chi connectivity index (χ0n) is 13.6. The molecule has 1 aliphatic carbocycles. The maximum atomic E-state index is 13.1. The van der Waals surface area contributed by atoms with Crippen LogP contribution in [0.5, 0.6) is 0 Å². The molecule has 27 heavy (non-hydrogen) atoms. The van der Waals surface area contributed by atoms with E-state index in [1.807, 2.05) is 0 Å². The number of pyridine rings is 1. The third kappa shape index (κ3) is 3.03. The van der Waals surface area contributed by atoms with Crippen molar-refractivity contribution in [3.05, 3.63) is 54.8 Å². The average molecular weight is 393 g/mol. The number of aromatic nitrogens is 5. The van der Waals surface area contributed by atoms with Gasteiger partial charge in [0.2, 0.25) is 0 Å². The Balaban J connectivity index is 1.86. The van der Waals surface area contributed by atoms with Crippen LogP contribution in [-0.2, 0) is 0 Å². The van der Waals surface area contributed by atoms with Crippen molar-refractivity contribution in [2.24, 2.45) is 0 Å². The number of anilines is 1. The van der Waals surface area contributed by atoms with Crippen LogP contribution in [0.15, 0.2) is 54.8 Å². The van der Waals surface area contributed by atoms with Crippen LogP contribution in [0.4, 0.5) is 19.0 Å². The molecule has 0 aromatic carbocycles. The number of alkyl halides is 4. The number of nitrogens with two attached hydrogens (primary N) is 1. The summed E-state index contributed by atoms with van der Waals surface area (Å²) in [5.41, 5.74) is 6.80. The lowest BCUT2D eigenvalue weighted by Gasteiger charge is -2.23. The lowest BCUT2D eigenvalue weighted by atomic mass is 10.0. The second-order valence-electron chi connectivity index (χ2n) is 5.92. The maximum Gasteiger partial charge on any atom is 0.416 e. The summed E-state index contributed by atoms with van der Waals surface area (Å²) in [5, 5.41) is 4.16. The highest BCUT2D eigenvalue weighted by Gasteiger charge is 2.36. The zero-order chi connectivity index (χ0) is 19.2. The minimum atomic E-state index is -4.47. The van der Waals surface area contributed by atoms with Crippen molar-refractivity contribution in [3.63, 3.8) is 0 Å². The van der Waals surface area contributed by atoms with Gasteiger partial charge in [-0.2, -0.15) is 18.3 Å². The van der Waals surface area contributed by atoms with Gasteiger partial charge >= 0.3 is 6.18 Å². The Hall–Kier alpha value is -2.94. The zero-order valence-corrected chi connectivity index (χ0v) is 14.4. The van der Waals surface area contributed by atoms with Crippen LogP contribution in [0, 0.1) is 0 Å². The molecule has 2 atom stereocenters. The smallest absolute Gasteiger partial charge is 0.383 e. The highest BCUT2D eigenvalue weighted by molar-refractivity contribution is 6.22. The molecule has 138 valence electrons. The van der Waals surface area contributed by atoms with Crippen LogP contribution >= 0.6 is 11.6 Å². The van der Waals surface area contributed by atoms with Gasteiger partial charge in [0.25, 0.3) is 0 Å². The van der Waals surface area contributed by atoms with Crippen LogP contribution in [0.3, 0.4) is 0 Å². The van der Waals surface area contributed by atoms with Gasteiger partial charge < -0.3 is 5.73 Å². The van der Waals surface area contributed by atoms with Crippen LogP contribution in [0.2, 0.25) is 0 Å². The number of rotatable bonds is 2. The number of fused-ring (bicyclic) bond motifs is 1. The normalized spacial score (nSPS) is 20.1. The summed E-state index contributed by atoms with van der Waals surface area (Å²) < 4.78 is 40.7. The third-order valence-corrected chi connectivity index (χ3v) is 4.68. The van der Waals surface area contributed by atoms with Crippen molar-refractivity contribution >= 4 is 28.5 Å². The molecule has 10 heteroatoms. The Morgan fingerprint density at radius 3 is 2.70 bits per heavy atom. The average Bonchev–Trinajstić information content (AvgIpc) is 3.06. The van der Waals surface area contributed by atoms with Gasteiger partial charge in [-0.05, 0) is 12.1 Å². The third-order valence-electron chi connectivity index (χ3n) is 4.28. The standard InChI is InChI=1S/C17H12ClF3N6/c18-13-2-1-9(17(19,20)21)5-14(13)27-16-12(7-26-27)10(3-4-24-16)11-6-23-8-25-15(11)22/h1-8,13-14H,(H2,22,23,25). The van der Waals surface area contributed by atoms with Crippen LogP contribution in [-0.4, -0.2) is 36.3 Å². The molecule has 0 saturated carbocycles. The van der Waals surface area contributed by atoms with Crippen LogP contribution < -0.4 is 5.73 Å². The molecule has 0 amide bonds. The van der Waals surface area contributed by atoms with Crippen LogP contribution in [0.1, 0.15) is 6.04 Å². The molecule has 2 N–H and O–H groups in total. The number of allylic oxidation sites excluding steroid dienone is 4. The fraction of sp³-hybridized carbons (Fsp3) is 0.176. The van der Waals surface area contributed by atoms with E-state index >= 15 is 0 Å². The summed E-state index contributed by atoms with van der Waals surface area (Å²) in [6, 6.07) is 0.886. The summed E-state index contributed by atoms with van der Waals surface area (Å²) in [7, 11) is 0. The lowest BCUT2D eigenvalue weighted by molar-refractivity contribution is -0.0888. The Kier molecular flexibility index (Phi) is 4.11. The first-order valence-electron chi connectivity index (χ1n) is 7.85. The summed E-state index contributed by atoms with van der Waals surface area (Å²) in [5.74, 6) is 0.278. The molecule has 3 aromatic heterocycles. The topological polar surface area (TPSA) is 82.5 Å². The van der Waals surface area contributed by atoms with Crippen molar-refractivity contribution in [1.29, 1.82) is 0 Å². The van der Waals surface area contributed by atoms with E-state index in [-0.39, 0.29) is 5.82 Å². The summed E-state index contributed by atoms with van der Waals surface area (Å²) in [4.78, 5) is 12.2. The van der Waals surface area contributed by atoms with E-state index in [1.54, 1.807) is 12.3 Å². The fourth-order valence-corrected chi connectivity index (χ4v) is 3.23. The Morgan fingerprint density at radius 1 is 1.15 bits per heavy atom. The second kappa shape index (κ2) is 6.34. The predicted molar refractivity (Wildman–Crippen MR) is 94.9 cm³/mol. The van der Waals surface area contributed by atoms with E-state index < -0.39 is 23.2 Å². The highest BCUT2D eigenvalue weighted by Crippen LogP contribution is 2.37. The minimum Gasteiger partial charge on any atom is -0.383 e. The first-order chi connectivity index (χ1) is 12.9. The number of hydrogen-bond donors (Lipinski definition) is 1. The van der Waals surface area contributed by atoms with Gasteiger partial charge in [-0.25, -0.2) is 19.6 Å². The van der Waals surface area contributed by atoms with Gasteiger partial charge in [0.1, 0.15) is 12.1 Å². The van der Waals surface area contributed by atoms with E-state index in [2.05, 4.69) is 20.1 Å². The Bertz CT molecular complexity index is 1070. The molecular formula is C17H12ClF3N6. The van der Waals surface area contributed by atoms with E-state index in [0.29, 0.717) is 22.2 Å². The van der Waals surface area contributed by atoms with Gasteiger partial charge in [-0.3, -0.25) is 0 Å². The first-order valence-corrected chi connectivity index (χ1v) is 8.29. The molecule has 2 unspecified atom stereocenters. The second-order valence-corrected chi connectivity index (χ2v) is 6.42. The highest BCUT2D eigenvalue weighted by atomic mass is 35.5. The molecule has 0 fully saturated rings. The summed E-state index contributed by atoms with van der Waals surface area (Å²) >= 11 is 6.24. The summed E-state index contributed by atoms with van der Waals surface area (Å²) in [6.45, 7) is 0. The molecule has 0 spiro atoms. The minimum absolute atomic E-state index is 0.278. The molecule has 3 aromatic rings. The predicted octanol–water partition coefficient (Wildman–Crippen LogP) is 3.68. The van der Waals surface area contributed by atoms with Crippen molar-refractivity contribution in [2.75, 3.05) is 5.73 Å². The van der Waals surface area contributed by atoms with Crippen molar-refractivity contribution in [1.82, 2.24) is 24.7 Å². The van der Waals surface area contributed by atoms with E-state index in [0.717, 1.165) is 12.2 Å². The first kappa shape index (κ1) is 17.5. The largest absolute Gasteiger partial charge is 0.416 e. The monoisotopic (exact) mass is 392 g/mol. The molecular weight excluding hydrogens is 381 g/mol. The molecule has 6 nitrogen and oxygen atoms in total. The maximum absolute atomic E-state index is 13.1. The molecule has 4 rings (SSSR count). The van der Waals surface area contributed by atoms with Gasteiger partial charge in [-0.1, -0.05) is 12.2 Å². The summed E-state index contributed by atoms with van der Waals surface area (Å²) in [6.07, 6.45) is 4.80. The number of hydrogen-bond acceptors (Lipinski definition) is 5. The molecule has 1 aliphatic rings. The molecule has 0 saturated heterocycles. The van der Waals surface area contributed by atoms with Gasteiger partial charge in [0, 0.05) is 28.9 Å². The van der Waals surface area contributed by atoms with Gasteiger partial charge in [0.15, 0.2) is 5.65 Å². The molecule has 0 radical (unpaired) electrons. The number of nitrogen functional groups attached to an aromatic ring is 1. The van der Waals surface area contributed by atoms with Crippen molar-refractivity contribution in [2.45, 2.75) is 17.6 Å². The molecule has 0 aliphatic heterocycles. The number of nitrogens with zero attached hydrogens (tertiary/aromatic N) is 5. The quantitative estimate of drug-likeness (QED) is 0.673.